The van der Waals surface area contributed by atoms with E-state index < -0.39 is 11.2 Å². The topological polar surface area (TPSA) is 104 Å². The number of nitrogens with zero attached hydrogens (tertiary/aromatic N) is 3. The highest BCUT2D eigenvalue weighted by Gasteiger charge is 2.23. The number of likely N-dealkylation sites (N-methyl/N-ethyl adjacent to an activating group) is 1. The summed E-state index contributed by atoms with van der Waals surface area (Å²) in [7, 11) is 1.71. The van der Waals surface area contributed by atoms with E-state index in [-0.39, 0.29) is 30.5 Å². The number of nitrogens with two attached hydrogens (primary N) is 1. The molecule has 36 heavy (non-hydrogen) atoms. The van der Waals surface area contributed by atoms with Crippen molar-refractivity contribution in [3.63, 3.8) is 0 Å². The van der Waals surface area contributed by atoms with Crippen molar-refractivity contribution in [2.24, 2.45) is 0 Å². The van der Waals surface area contributed by atoms with Crippen LogP contribution in [0, 0.1) is 0 Å². The van der Waals surface area contributed by atoms with Gasteiger partial charge in [-0.1, -0.05) is 60.2 Å². The van der Waals surface area contributed by atoms with Crippen LogP contribution in [0.3, 0.4) is 0 Å². The smallest absolute Gasteiger partial charge is 0.330 e. The highest BCUT2D eigenvalue weighted by molar-refractivity contribution is 5.96. The minimum absolute atomic E-state index is 0.0461. The third kappa shape index (κ3) is 5.94. The lowest BCUT2D eigenvalue weighted by molar-refractivity contribution is -0.117. The van der Waals surface area contributed by atoms with Gasteiger partial charge in [0.05, 0.1) is 13.1 Å². The van der Waals surface area contributed by atoms with Gasteiger partial charge in [-0.05, 0) is 49.8 Å². The summed E-state index contributed by atoms with van der Waals surface area (Å²) in [6.45, 7) is 0.610. The van der Waals surface area contributed by atoms with Crippen LogP contribution >= 0.6 is 0 Å². The van der Waals surface area contributed by atoms with Crippen molar-refractivity contribution in [3.8, 4) is 0 Å². The number of benzene rings is 2. The van der Waals surface area contributed by atoms with Gasteiger partial charge in [0.1, 0.15) is 11.5 Å². The number of aromatic nitrogens is 2. The molecule has 0 atom stereocenters. The lowest BCUT2D eigenvalue weighted by Crippen LogP contribution is -2.44. The van der Waals surface area contributed by atoms with Gasteiger partial charge in [0.2, 0.25) is 5.91 Å². The number of nitrogens with one attached hydrogen (secondary N) is 1. The van der Waals surface area contributed by atoms with Gasteiger partial charge in [-0.2, -0.15) is 0 Å². The van der Waals surface area contributed by atoms with Crippen molar-refractivity contribution in [3.05, 3.63) is 98.7 Å². The minimum atomic E-state index is -0.588. The SMILES string of the molecule is CN(C(=O)CN(CCC1=CCCCC1)c1c(N)n(Cc2ccccc2)c(=O)[nH]c1=O)c1ccccc1. The number of amides is 1. The summed E-state index contributed by atoms with van der Waals surface area (Å²) in [5.41, 5.74) is 8.41. The number of hydrogen-bond acceptors (Lipinski definition) is 5. The third-order valence-electron chi connectivity index (χ3n) is 6.65. The second kappa shape index (κ2) is 11.6. The van der Waals surface area contributed by atoms with Crippen LogP contribution in [0.2, 0.25) is 0 Å². The van der Waals surface area contributed by atoms with E-state index in [1.54, 1.807) is 16.8 Å². The Morgan fingerprint density at radius 2 is 1.72 bits per heavy atom. The van der Waals surface area contributed by atoms with Gasteiger partial charge in [0, 0.05) is 19.3 Å². The largest absolute Gasteiger partial charge is 0.383 e. The van der Waals surface area contributed by atoms with Crippen molar-refractivity contribution in [2.75, 3.05) is 35.7 Å². The average Bonchev–Trinajstić information content (AvgIpc) is 2.90. The Hall–Kier alpha value is -4.07. The zero-order chi connectivity index (χ0) is 25.5. The Balaban J connectivity index is 1.67. The predicted octanol–water partition coefficient (Wildman–Crippen LogP) is 3.53. The Morgan fingerprint density at radius 3 is 2.39 bits per heavy atom. The second-order valence-corrected chi connectivity index (χ2v) is 9.13. The number of carbonyl (C=O) groups is 1. The van der Waals surface area contributed by atoms with Crippen LogP contribution in [-0.2, 0) is 11.3 Å². The van der Waals surface area contributed by atoms with E-state index in [9.17, 15) is 14.4 Å². The first-order valence-corrected chi connectivity index (χ1v) is 12.3. The summed E-state index contributed by atoms with van der Waals surface area (Å²) in [4.78, 5) is 44.7. The van der Waals surface area contributed by atoms with E-state index in [2.05, 4.69) is 11.1 Å². The zero-order valence-corrected chi connectivity index (χ0v) is 20.7. The lowest BCUT2D eigenvalue weighted by atomic mass is 9.97. The molecule has 0 saturated heterocycles. The zero-order valence-electron chi connectivity index (χ0n) is 20.7. The molecule has 1 aromatic heterocycles. The number of carbonyl (C=O) groups excluding carboxylic acids is 1. The summed E-state index contributed by atoms with van der Waals surface area (Å²) in [6, 6.07) is 18.8. The molecule has 0 unspecified atom stereocenters. The summed E-state index contributed by atoms with van der Waals surface area (Å²) in [5.74, 6) is -0.126. The molecule has 0 radical (unpaired) electrons. The van der Waals surface area contributed by atoms with Gasteiger partial charge in [0.15, 0.2) is 0 Å². The molecule has 8 heteroatoms. The van der Waals surface area contributed by atoms with Crippen molar-refractivity contribution in [1.82, 2.24) is 9.55 Å². The summed E-state index contributed by atoms with van der Waals surface area (Å²) in [5, 5.41) is 0. The molecule has 1 aliphatic carbocycles. The maximum Gasteiger partial charge on any atom is 0.330 e. The predicted molar refractivity (Wildman–Crippen MR) is 145 cm³/mol. The van der Waals surface area contributed by atoms with E-state index in [1.165, 1.54) is 16.6 Å². The molecule has 1 heterocycles. The maximum atomic E-state index is 13.3. The highest BCUT2D eigenvalue weighted by Crippen LogP contribution is 2.24. The molecule has 0 saturated carbocycles. The molecule has 8 nitrogen and oxygen atoms in total. The van der Waals surface area contributed by atoms with E-state index in [0.717, 1.165) is 36.9 Å². The van der Waals surface area contributed by atoms with Crippen LogP contribution in [-0.4, -0.2) is 35.6 Å². The van der Waals surface area contributed by atoms with Crippen LogP contribution < -0.4 is 26.8 Å². The van der Waals surface area contributed by atoms with Gasteiger partial charge in [-0.3, -0.25) is 19.1 Å². The standard InChI is InChI=1S/C28H33N5O3/c1-31(23-15-9-4-10-16-23)24(34)20-32(18-17-21-11-5-2-6-12-21)25-26(29)33(28(36)30-27(25)35)19-22-13-7-3-8-14-22/h3-4,7-11,13-16H,2,5-6,12,17-20,29H2,1H3,(H,30,35,36). The van der Waals surface area contributed by atoms with Crippen LogP contribution in [0.15, 0.2) is 81.9 Å². The molecule has 1 amide bonds. The maximum absolute atomic E-state index is 13.3. The average molecular weight is 488 g/mol. The molecule has 0 fully saturated rings. The molecule has 0 bridgehead atoms. The first kappa shape index (κ1) is 25.0. The molecular formula is C28H33N5O3. The van der Waals surface area contributed by atoms with Gasteiger partial charge in [-0.25, -0.2) is 4.79 Å². The Morgan fingerprint density at radius 1 is 1.03 bits per heavy atom. The fraction of sp³-hybridized carbons (Fsp3) is 0.321. The monoisotopic (exact) mass is 487 g/mol. The van der Waals surface area contributed by atoms with Crippen molar-refractivity contribution in [2.45, 2.75) is 38.6 Å². The molecule has 188 valence electrons. The number of nitrogen functional groups attached to an aromatic ring is 1. The van der Waals surface area contributed by atoms with Crippen molar-refractivity contribution in [1.29, 1.82) is 0 Å². The van der Waals surface area contributed by atoms with Gasteiger partial charge in [0.25, 0.3) is 5.56 Å². The summed E-state index contributed by atoms with van der Waals surface area (Å²) in [6.07, 6.45) is 7.38. The second-order valence-electron chi connectivity index (χ2n) is 9.13. The van der Waals surface area contributed by atoms with Gasteiger partial charge < -0.3 is 15.5 Å². The van der Waals surface area contributed by atoms with E-state index >= 15 is 0 Å². The highest BCUT2D eigenvalue weighted by atomic mass is 16.2. The van der Waals surface area contributed by atoms with Crippen molar-refractivity contribution >= 4 is 23.1 Å². The third-order valence-corrected chi connectivity index (χ3v) is 6.65. The molecular weight excluding hydrogens is 454 g/mol. The number of allylic oxidation sites excluding steroid dienone is 1. The van der Waals surface area contributed by atoms with Crippen LogP contribution in [0.1, 0.15) is 37.7 Å². The molecule has 1 aliphatic rings. The van der Waals surface area contributed by atoms with Crippen LogP contribution in [0.4, 0.5) is 17.2 Å². The molecule has 4 rings (SSSR count). The van der Waals surface area contributed by atoms with Gasteiger partial charge >= 0.3 is 5.69 Å². The van der Waals surface area contributed by atoms with E-state index in [1.807, 2.05) is 60.7 Å². The number of para-hydroxylation sites is 1. The summed E-state index contributed by atoms with van der Waals surface area (Å²) >= 11 is 0. The van der Waals surface area contributed by atoms with Crippen LogP contribution in [0.25, 0.3) is 0 Å². The normalized spacial score (nSPS) is 13.2. The first-order chi connectivity index (χ1) is 17.4. The number of H-pyrrole nitrogens is 1. The Kier molecular flexibility index (Phi) is 8.05. The number of hydrogen-bond donors (Lipinski definition) is 2. The van der Waals surface area contributed by atoms with Crippen LogP contribution in [0.5, 0.6) is 0 Å². The summed E-state index contributed by atoms with van der Waals surface area (Å²) < 4.78 is 1.35. The fourth-order valence-corrected chi connectivity index (χ4v) is 4.55. The number of anilines is 3. The number of rotatable bonds is 9. The minimum Gasteiger partial charge on any atom is -0.383 e. The van der Waals surface area contributed by atoms with Crippen molar-refractivity contribution < 1.29 is 4.79 Å². The van der Waals surface area contributed by atoms with E-state index in [0.29, 0.717) is 6.54 Å². The molecule has 3 N–H and O–H groups in total. The Labute approximate surface area is 210 Å². The fourth-order valence-electron chi connectivity index (χ4n) is 4.55. The molecule has 3 aromatic rings. The quantitative estimate of drug-likeness (QED) is 0.450. The number of aromatic amines is 1. The lowest BCUT2D eigenvalue weighted by Gasteiger charge is -2.28. The molecule has 0 spiro atoms. The molecule has 0 aliphatic heterocycles. The van der Waals surface area contributed by atoms with E-state index in [4.69, 9.17) is 5.73 Å². The Bertz CT molecular complexity index is 1330. The first-order valence-electron chi connectivity index (χ1n) is 12.3. The van der Waals surface area contributed by atoms with Gasteiger partial charge in [-0.15, -0.1) is 0 Å². The molecule has 2 aromatic carbocycles.